The van der Waals surface area contributed by atoms with Crippen LogP contribution in [0.1, 0.15) is 29.5 Å². The van der Waals surface area contributed by atoms with E-state index in [1.807, 2.05) is 16.6 Å². The molecule has 0 saturated heterocycles. The Labute approximate surface area is 137 Å². The maximum atomic E-state index is 9.85. The first-order chi connectivity index (χ1) is 11.3. The molecule has 4 aromatic rings. The van der Waals surface area contributed by atoms with Gasteiger partial charge in [-0.2, -0.15) is 5.10 Å². The van der Waals surface area contributed by atoms with Gasteiger partial charge in [-0.15, -0.1) is 0 Å². The number of aliphatic hydroxyl groups excluding tert-OH is 1. The van der Waals surface area contributed by atoms with Gasteiger partial charge in [0.15, 0.2) is 0 Å². The van der Waals surface area contributed by atoms with E-state index in [9.17, 15) is 5.11 Å². The number of benzene rings is 2. The molecule has 2 aromatic heterocycles. The van der Waals surface area contributed by atoms with E-state index >= 15 is 0 Å². The van der Waals surface area contributed by atoms with Gasteiger partial charge in [0.05, 0.1) is 18.0 Å². The first kappa shape index (κ1) is 13.2. The highest BCUT2D eigenvalue weighted by Gasteiger charge is 2.29. The van der Waals surface area contributed by atoms with Crippen LogP contribution in [0.2, 0.25) is 0 Å². The summed E-state index contributed by atoms with van der Waals surface area (Å²) in [6, 6.07) is 14.6. The maximum absolute atomic E-state index is 9.85. The molecule has 1 saturated carbocycles. The van der Waals surface area contributed by atoms with Crippen LogP contribution in [0.3, 0.4) is 0 Å². The number of fused-ring (bicyclic) bond motifs is 2. The van der Waals surface area contributed by atoms with Gasteiger partial charge < -0.3 is 5.11 Å². The fourth-order valence-electron chi connectivity index (χ4n) is 3.01. The van der Waals surface area contributed by atoms with Crippen LogP contribution in [-0.4, -0.2) is 19.7 Å². The summed E-state index contributed by atoms with van der Waals surface area (Å²) in [5.74, 6) is 0.609. The third-order valence-corrected chi connectivity index (χ3v) is 5.48. The molecule has 2 heterocycles. The highest BCUT2D eigenvalue weighted by Crippen LogP contribution is 2.42. The van der Waals surface area contributed by atoms with Crippen LogP contribution in [0.25, 0.3) is 27.0 Å². The Morgan fingerprint density at radius 3 is 2.74 bits per heavy atom. The second kappa shape index (κ2) is 4.88. The number of imidazole rings is 1. The number of rotatable bonds is 3. The smallest absolute Gasteiger partial charge is 0.213 e. The Kier molecular flexibility index (Phi) is 2.80. The molecule has 5 heteroatoms. The molecule has 4 nitrogen and oxygen atoms in total. The zero-order valence-corrected chi connectivity index (χ0v) is 13.3. The Bertz CT molecular complexity index is 1030. The van der Waals surface area contributed by atoms with Crippen LogP contribution in [-0.2, 0) is 6.61 Å². The molecule has 0 unspecified atom stereocenters. The highest BCUT2D eigenvalue weighted by atomic mass is 32.1. The van der Waals surface area contributed by atoms with Gasteiger partial charge in [-0.3, -0.25) is 0 Å². The van der Waals surface area contributed by atoms with E-state index in [1.165, 1.54) is 23.6 Å². The average molecular weight is 321 g/mol. The zero-order chi connectivity index (χ0) is 15.4. The lowest BCUT2D eigenvalue weighted by Gasteiger charge is -2.03. The lowest BCUT2D eigenvalue weighted by molar-refractivity contribution is 0.275. The van der Waals surface area contributed by atoms with Crippen LogP contribution >= 0.6 is 11.3 Å². The maximum Gasteiger partial charge on any atom is 0.213 e. The van der Waals surface area contributed by atoms with Crippen LogP contribution < -0.4 is 0 Å². The number of hydrogen-bond donors (Lipinski definition) is 1. The van der Waals surface area contributed by atoms with Crippen LogP contribution in [0.5, 0.6) is 0 Å². The van der Waals surface area contributed by atoms with Gasteiger partial charge in [0.1, 0.15) is 5.01 Å². The molecule has 114 valence electrons. The Morgan fingerprint density at radius 2 is 1.96 bits per heavy atom. The van der Waals surface area contributed by atoms with E-state index < -0.39 is 0 Å². The third-order valence-electron chi connectivity index (χ3n) is 4.41. The quantitative estimate of drug-likeness (QED) is 0.621. The summed E-state index contributed by atoms with van der Waals surface area (Å²) in [5.41, 5.74) is 2.64. The third kappa shape index (κ3) is 2.08. The molecule has 0 aliphatic heterocycles. The molecule has 1 fully saturated rings. The molecule has 1 aliphatic rings. The minimum absolute atomic E-state index is 0.0584. The van der Waals surface area contributed by atoms with Gasteiger partial charge in [0.2, 0.25) is 4.96 Å². The predicted octanol–water partition coefficient (Wildman–Crippen LogP) is 3.98. The van der Waals surface area contributed by atoms with Gasteiger partial charge in [0.25, 0.3) is 0 Å². The number of aliphatic hydroxyl groups is 1. The molecule has 0 spiro atoms. The van der Waals surface area contributed by atoms with Crippen molar-refractivity contribution in [2.45, 2.75) is 25.4 Å². The van der Waals surface area contributed by atoms with E-state index in [0.29, 0.717) is 5.92 Å². The summed E-state index contributed by atoms with van der Waals surface area (Å²) in [5, 5.41) is 18.0. The lowest BCUT2D eigenvalue weighted by Crippen LogP contribution is -1.96. The second-order valence-electron chi connectivity index (χ2n) is 6.04. The molecule has 2 aromatic carbocycles. The summed E-state index contributed by atoms with van der Waals surface area (Å²) < 4.78 is 1.82. The van der Waals surface area contributed by atoms with Crippen molar-refractivity contribution in [1.82, 2.24) is 14.6 Å². The summed E-state index contributed by atoms with van der Waals surface area (Å²) in [6.07, 6.45) is 2.45. The molecule has 23 heavy (non-hydrogen) atoms. The fourth-order valence-corrected chi connectivity index (χ4v) is 4.10. The first-order valence-electron chi connectivity index (χ1n) is 7.82. The Balaban J connectivity index is 1.69. The van der Waals surface area contributed by atoms with Crippen molar-refractivity contribution in [3.05, 3.63) is 53.2 Å². The van der Waals surface area contributed by atoms with E-state index in [4.69, 9.17) is 4.98 Å². The molecule has 1 aliphatic carbocycles. The van der Waals surface area contributed by atoms with Crippen molar-refractivity contribution in [1.29, 1.82) is 0 Å². The molecule has 0 amide bonds. The van der Waals surface area contributed by atoms with E-state index in [0.717, 1.165) is 26.9 Å². The predicted molar refractivity (Wildman–Crippen MR) is 91.7 cm³/mol. The Hall–Kier alpha value is -2.24. The molecule has 0 bridgehead atoms. The van der Waals surface area contributed by atoms with Crippen molar-refractivity contribution >= 4 is 27.1 Å². The van der Waals surface area contributed by atoms with Crippen molar-refractivity contribution in [2.24, 2.45) is 0 Å². The SMILES string of the molecule is OCc1c(-c2ccc3ccccc3c2)nc2sc(C3CC3)nn12. The van der Waals surface area contributed by atoms with E-state index in [2.05, 4.69) is 35.4 Å². The van der Waals surface area contributed by atoms with Crippen molar-refractivity contribution in [3.63, 3.8) is 0 Å². The number of aromatic nitrogens is 3. The van der Waals surface area contributed by atoms with Gasteiger partial charge in [-0.05, 0) is 29.7 Å². The number of hydrogen-bond acceptors (Lipinski definition) is 4. The fraction of sp³-hybridized carbons (Fsp3) is 0.222. The van der Waals surface area contributed by atoms with Gasteiger partial charge in [-0.1, -0.05) is 47.7 Å². The summed E-state index contributed by atoms with van der Waals surface area (Å²) in [7, 11) is 0. The summed E-state index contributed by atoms with van der Waals surface area (Å²) in [4.78, 5) is 5.62. The van der Waals surface area contributed by atoms with Crippen LogP contribution in [0.15, 0.2) is 42.5 Å². The van der Waals surface area contributed by atoms with Crippen LogP contribution in [0, 0.1) is 0 Å². The highest BCUT2D eigenvalue weighted by molar-refractivity contribution is 7.16. The van der Waals surface area contributed by atoms with Crippen LogP contribution in [0.4, 0.5) is 0 Å². The van der Waals surface area contributed by atoms with Crippen molar-refractivity contribution in [3.8, 4) is 11.3 Å². The lowest BCUT2D eigenvalue weighted by atomic mass is 10.0. The minimum Gasteiger partial charge on any atom is -0.390 e. The monoisotopic (exact) mass is 321 g/mol. The largest absolute Gasteiger partial charge is 0.390 e. The summed E-state index contributed by atoms with van der Waals surface area (Å²) >= 11 is 1.65. The van der Waals surface area contributed by atoms with Gasteiger partial charge in [0, 0.05) is 11.5 Å². The van der Waals surface area contributed by atoms with Gasteiger partial charge >= 0.3 is 0 Å². The molecule has 0 radical (unpaired) electrons. The second-order valence-corrected chi connectivity index (χ2v) is 7.02. The zero-order valence-electron chi connectivity index (χ0n) is 12.4. The molecule has 1 N–H and O–H groups in total. The van der Waals surface area contributed by atoms with E-state index in [1.54, 1.807) is 11.3 Å². The Morgan fingerprint density at radius 1 is 1.13 bits per heavy atom. The van der Waals surface area contributed by atoms with Crippen molar-refractivity contribution in [2.75, 3.05) is 0 Å². The molecular formula is C18H15N3OS. The average Bonchev–Trinajstić information content (AvgIpc) is 3.26. The van der Waals surface area contributed by atoms with E-state index in [-0.39, 0.29) is 6.61 Å². The summed E-state index contributed by atoms with van der Waals surface area (Å²) in [6.45, 7) is -0.0584. The normalized spacial score (nSPS) is 14.8. The van der Waals surface area contributed by atoms with Gasteiger partial charge in [-0.25, -0.2) is 9.50 Å². The topological polar surface area (TPSA) is 50.4 Å². The number of nitrogens with zero attached hydrogens (tertiary/aromatic N) is 3. The minimum atomic E-state index is -0.0584. The molecule has 5 rings (SSSR count). The first-order valence-corrected chi connectivity index (χ1v) is 8.63. The molecule has 0 atom stereocenters. The molecular weight excluding hydrogens is 306 g/mol. The van der Waals surface area contributed by atoms with Crippen molar-refractivity contribution < 1.29 is 5.11 Å². The standard InChI is InChI=1S/C18H15N3OS/c22-10-15-16(14-8-5-11-3-1-2-4-13(11)9-14)19-18-21(15)20-17(23-18)12-6-7-12/h1-5,8-9,12,22H,6-7,10H2.